The molecule has 3 heterocycles. The number of fused-ring (bicyclic) bond motifs is 1. The van der Waals surface area contributed by atoms with Gasteiger partial charge < -0.3 is 14.8 Å². The fraction of sp³-hybridized carbons (Fsp3) is 0.333. The Balaban J connectivity index is 1.54. The van der Waals surface area contributed by atoms with Crippen molar-refractivity contribution in [2.45, 2.75) is 19.9 Å². The predicted octanol–water partition coefficient (Wildman–Crippen LogP) is 2.83. The summed E-state index contributed by atoms with van der Waals surface area (Å²) in [7, 11) is 0. The monoisotopic (exact) mass is 409 g/mol. The lowest BCUT2D eigenvalue weighted by atomic mass is 10.1. The van der Waals surface area contributed by atoms with Gasteiger partial charge in [0, 0.05) is 44.5 Å². The maximum atomic E-state index is 13.0. The highest BCUT2D eigenvalue weighted by Crippen LogP contribution is 2.17. The number of H-pyrrole nitrogens is 1. The van der Waals surface area contributed by atoms with Crippen molar-refractivity contribution in [1.82, 2.24) is 19.4 Å². The number of aromatic nitrogens is 3. The van der Waals surface area contributed by atoms with Crippen LogP contribution < -0.4 is 10.5 Å². The quantitative estimate of drug-likeness (QED) is 0.671. The number of hydrogen-bond donors (Lipinski definition) is 1. The first-order valence-corrected chi connectivity index (χ1v) is 10.2. The van der Waals surface area contributed by atoms with Gasteiger partial charge in [-0.1, -0.05) is 13.0 Å². The molecule has 29 heavy (non-hydrogen) atoms. The van der Waals surface area contributed by atoms with Gasteiger partial charge in [0.1, 0.15) is 5.82 Å². The van der Waals surface area contributed by atoms with E-state index in [4.69, 9.17) is 12.2 Å². The molecule has 1 fully saturated rings. The first-order chi connectivity index (χ1) is 14.1. The maximum Gasteiger partial charge on any atom is 0.262 e. The smallest absolute Gasteiger partial charge is 0.262 e. The summed E-state index contributed by atoms with van der Waals surface area (Å²) in [5, 5.41) is 0.545. The van der Waals surface area contributed by atoms with Crippen LogP contribution in [0.3, 0.4) is 0 Å². The van der Waals surface area contributed by atoms with E-state index >= 15 is 0 Å². The van der Waals surface area contributed by atoms with E-state index in [1.165, 1.54) is 0 Å². The molecule has 0 saturated carbocycles. The average Bonchev–Trinajstić information content (AvgIpc) is 2.76. The van der Waals surface area contributed by atoms with Gasteiger partial charge >= 0.3 is 0 Å². The topological polar surface area (TPSA) is 74.2 Å². The van der Waals surface area contributed by atoms with E-state index in [9.17, 15) is 9.59 Å². The molecule has 7 nitrogen and oxygen atoms in total. The summed E-state index contributed by atoms with van der Waals surface area (Å²) in [5.41, 5.74) is 1.04. The number of nitrogens with one attached hydrogen (secondary N) is 1. The van der Waals surface area contributed by atoms with Crippen molar-refractivity contribution >= 4 is 34.8 Å². The first kappa shape index (κ1) is 19.3. The fourth-order valence-corrected chi connectivity index (χ4v) is 3.96. The molecule has 1 amide bonds. The van der Waals surface area contributed by atoms with Crippen LogP contribution in [-0.4, -0.2) is 51.5 Å². The van der Waals surface area contributed by atoms with Crippen LogP contribution in [0, 0.1) is 4.77 Å². The molecule has 3 aromatic rings. The molecule has 4 rings (SSSR count). The van der Waals surface area contributed by atoms with Crippen molar-refractivity contribution in [3.8, 4) is 0 Å². The van der Waals surface area contributed by atoms with Crippen LogP contribution in [0.1, 0.15) is 23.7 Å². The van der Waals surface area contributed by atoms with Crippen LogP contribution in [0.4, 0.5) is 5.82 Å². The zero-order chi connectivity index (χ0) is 20.4. The van der Waals surface area contributed by atoms with Crippen LogP contribution in [0.2, 0.25) is 0 Å². The number of benzene rings is 1. The maximum absolute atomic E-state index is 13.0. The summed E-state index contributed by atoms with van der Waals surface area (Å²) in [4.78, 5) is 37.2. The largest absolute Gasteiger partial charge is 0.353 e. The highest BCUT2D eigenvalue weighted by Gasteiger charge is 2.23. The second kappa shape index (κ2) is 8.16. The Labute approximate surface area is 173 Å². The molecule has 150 valence electrons. The first-order valence-electron chi connectivity index (χ1n) is 9.80. The highest BCUT2D eigenvalue weighted by atomic mass is 32.1. The van der Waals surface area contributed by atoms with Crippen LogP contribution in [0.15, 0.2) is 47.4 Å². The standard InChI is InChI=1S/C21H23N5O2S/c1-2-9-26-20(28)16-7-6-15(14-17(16)23-21(26)29)19(27)25-12-10-24(11-13-25)18-5-3-4-8-22-18/h3-8,14H,2,9-13H2,1H3,(H,23,29). The van der Waals surface area contributed by atoms with E-state index in [1.54, 1.807) is 29.0 Å². The fourth-order valence-electron chi connectivity index (χ4n) is 3.68. The molecule has 1 aliphatic rings. The lowest BCUT2D eigenvalue weighted by Gasteiger charge is -2.35. The van der Waals surface area contributed by atoms with E-state index in [2.05, 4.69) is 14.9 Å². The summed E-state index contributed by atoms with van der Waals surface area (Å²) < 4.78 is 1.95. The minimum Gasteiger partial charge on any atom is -0.353 e. The van der Waals surface area contributed by atoms with Crippen LogP contribution in [0.25, 0.3) is 10.9 Å². The third-order valence-corrected chi connectivity index (χ3v) is 5.54. The number of carbonyl (C=O) groups excluding carboxylic acids is 1. The normalized spacial score (nSPS) is 14.4. The van der Waals surface area contributed by atoms with E-state index in [0.717, 1.165) is 25.3 Å². The molecular formula is C21H23N5O2S. The van der Waals surface area contributed by atoms with Crippen LogP contribution in [0.5, 0.6) is 0 Å². The lowest BCUT2D eigenvalue weighted by molar-refractivity contribution is 0.0746. The molecule has 0 atom stereocenters. The van der Waals surface area contributed by atoms with Crippen molar-refractivity contribution in [3.63, 3.8) is 0 Å². The number of piperazine rings is 1. The molecule has 1 aliphatic heterocycles. The van der Waals surface area contributed by atoms with E-state index in [-0.39, 0.29) is 11.5 Å². The highest BCUT2D eigenvalue weighted by molar-refractivity contribution is 7.71. The molecular weight excluding hydrogens is 386 g/mol. The number of hydrogen-bond acceptors (Lipinski definition) is 5. The minimum absolute atomic E-state index is 0.0374. The molecule has 1 aromatic carbocycles. The average molecular weight is 410 g/mol. The molecule has 8 heteroatoms. The van der Waals surface area contributed by atoms with Crippen molar-refractivity contribution in [2.24, 2.45) is 0 Å². The van der Waals surface area contributed by atoms with Gasteiger partial charge in [-0.05, 0) is 49.0 Å². The Bertz CT molecular complexity index is 1150. The molecule has 0 unspecified atom stereocenters. The molecule has 2 aromatic heterocycles. The number of amides is 1. The second-order valence-corrected chi connectivity index (χ2v) is 7.50. The Morgan fingerprint density at radius 3 is 2.66 bits per heavy atom. The molecule has 1 saturated heterocycles. The second-order valence-electron chi connectivity index (χ2n) is 7.11. The number of pyridine rings is 1. The van der Waals surface area contributed by atoms with E-state index in [0.29, 0.717) is 40.9 Å². The Morgan fingerprint density at radius 2 is 1.97 bits per heavy atom. The van der Waals surface area contributed by atoms with Crippen molar-refractivity contribution in [2.75, 3.05) is 31.1 Å². The number of rotatable bonds is 4. The van der Waals surface area contributed by atoms with E-state index < -0.39 is 0 Å². The number of anilines is 1. The third-order valence-electron chi connectivity index (χ3n) is 5.22. The summed E-state index contributed by atoms with van der Waals surface area (Å²) in [6.07, 6.45) is 2.60. The molecule has 0 spiro atoms. The summed E-state index contributed by atoms with van der Waals surface area (Å²) >= 11 is 5.33. The van der Waals surface area contributed by atoms with Crippen molar-refractivity contribution < 1.29 is 4.79 Å². The zero-order valence-corrected chi connectivity index (χ0v) is 17.1. The minimum atomic E-state index is -0.117. The van der Waals surface area contributed by atoms with Crippen molar-refractivity contribution in [3.05, 3.63) is 63.3 Å². The van der Waals surface area contributed by atoms with Gasteiger partial charge in [0.25, 0.3) is 11.5 Å². The van der Waals surface area contributed by atoms with Crippen LogP contribution in [-0.2, 0) is 6.54 Å². The predicted molar refractivity (Wildman–Crippen MR) is 116 cm³/mol. The zero-order valence-electron chi connectivity index (χ0n) is 16.3. The summed E-state index contributed by atoms with van der Waals surface area (Å²) in [6.45, 7) is 5.30. The molecule has 1 N–H and O–H groups in total. The lowest BCUT2D eigenvalue weighted by Crippen LogP contribution is -2.49. The SMILES string of the molecule is CCCn1c(=S)[nH]c2cc(C(=O)N3CCN(c4ccccn4)CC3)ccc2c1=O. The van der Waals surface area contributed by atoms with Gasteiger partial charge in [0.2, 0.25) is 0 Å². The Morgan fingerprint density at radius 1 is 1.17 bits per heavy atom. The number of nitrogens with zero attached hydrogens (tertiary/aromatic N) is 4. The third kappa shape index (κ3) is 3.80. The van der Waals surface area contributed by atoms with Gasteiger partial charge in [-0.2, -0.15) is 0 Å². The van der Waals surface area contributed by atoms with Gasteiger partial charge in [-0.25, -0.2) is 4.98 Å². The molecule has 0 bridgehead atoms. The van der Waals surface area contributed by atoms with Gasteiger partial charge in [-0.15, -0.1) is 0 Å². The summed E-state index contributed by atoms with van der Waals surface area (Å²) in [6, 6.07) is 11.0. The van der Waals surface area contributed by atoms with Gasteiger partial charge in [-0.3, -0.25) is 14.2 Å². The summed E-state index contributed by atoms with van der Waals surface area (Å²) in [5.74, 6) is 0.894. The van der Waals surface area contributed by atoms with Crippen molar-refractivity contribution in [1.29, 1.82) is 0 Å². The van der Waals surface area contributed by atoms with E-state index in [1.807, 2.05) is 30.0 Å². The number of aromatic amines is 1. The van der Waals surface area contributed by atoms with Gasteiger partial charge in [0.15, 0.2) is 4.77 Å². The number of carbonyl (C=O) groups is 1. The molecule has 0 radical (unpaired) electrons. The Kier molecular flexibility index (Phi) is 5.44. The molecule has 0 aliphatic carbocycles. The van der Waals surface area contributed by atoms with Gasteiger partial charge in [0.05, 0.1) is 10.9 Å². The Hall–Kier alpha value is -3.00. The van der Waals surface area contributed by atoms with Crippen LogP contribution >= 0.6 is 12.2 Å².